The number of rotatable bonds is 6. The molecule has 0 spiro atoms. The zero-order valence-electron chi connectivity index (χ0n) is 14.1. The molecule has 1 aromatic carbocycles. The third kappa shape index (κ3) is 4.37. The fourth-order valence-electron chi connectivity index (χ4n) is 3.22. The highest BCUT2D eigenvalue weighted by molar-refractivity contribution is 5.76. The van der Waals surface area contributed by atoms with E-state index < -0.39 is 0 Å². The van der Waals surface area contributed by atoms with Crippen molar-refractivity contribution < 1.29 is 14.1 Å². The highest BCUT2D eigenvalue weighted by atomic mass is 16.5. The molecule has 1 N–H and O–H groups in total. The molecule has 1 aliphatic carbocycles. The average Bonchev–Trinajstić information content (AvgIpc) is 3.10. The first-order valence-electron chi connectivity index (χ1n) is 8.61. The molecule has 0 aliphatic heterocycles. The molecule has 1 heterocycles. The first-order valence-corrected chi connectivity index (χ1v) is 8.61. The second-order valence-electron chi connectivity index (χ2n) is 6.40. The van der Waals surface area contributed by atoms with Gasteiger partial charge in [-0.2, -0.15) is 0 Å². The molecule has 24 heavy (non-hydrogen) atoms. The van der Waals surface area contributed by atoms with E-state index in [9.17, 15) is 4.79 Å². The van der Waals surface area contributed by atoms with Crippen molar-refractivity contribution in [2.24, 2.45) is 5.92 Å². The third-order valence-corrected chi connectivity index (χ3v) is 4.58. The van der Waals surface area contributed by atoms with Crippen molar-refractivity contribution in [2.45, 2.75) is 45.1 Å². The Labute approximate surface area is 142 Å². The number of ether oxygens (including phenoxy) is 1. The topological polar surface area (TPSA) is 64.4 Å². The smallest absolute Gasteiger partial charge is 0.220 e. The van der Waals surface area contributed by atoms with Crippen molar-refractivity contribution in [3.05, 3.63) is 36.0 Å². The summed E-state index contributed by atoms with van der Waals surface area (Å²) in [5, 5.41) is 6.98. The highest BCUT2D eigenvalue weighted by Crippen LogP contribution is 2.26. The second-order valence-corrected chi connectivity index (χ2v) is 6.40. The van der Waals surface area contributed by atoms with E-state index in [1.54, 1.807) is 7.11 Å². The zero-order valence-corrected chi connectivity index (χ0v) is 14.1. The summed E-state index contributed by atoms with van der Waals surface area (Å²) in [6, 6.07) is 9.48. The SMILES string of the molecule is COc1cccc(-c2cc(CNC(=O)CC3CCCCC3)no2)c1. The lowest BCUT2D eigenvalue weighted by atomic mass is 9.87. The Balaban J connectivity index is 1.53. The van der Waals surface area contributed by atoms with Gasteiger partial charge in [0.25, 0.3) is 0 Å². The Morgan fingerprint density at radius 2 is 2.12 bits per heavy atom. The van der Waals surface area contributed by atoms with Crippen LogP contribution in [-0.2, 0) is 11.3 Å². The lowest BCUT2D eigenvalue weighted by Gasteiger charge is -2.20. The fourth-order valence-corrected chi connectivity index (χ4v) is 3.22. The number of hydrogen-bond acceptors (Lipinski definition) is 4. The molecule has 0 radical (unpaired) electrons. The first kappa shape index (κ1) is 16.6. The van der Waals surface area contributed by atoms with Gasteiger partial charge in [0.1, 0.15) is 11.4 Å². The molecule has 1 aromatic heterocycles. The molecule has 5 nitrogen and oxygen atoms in total. The van der Waals surface area contributed by atoms with Gasteiger partial charge < -0.3 is 14.6 Å². The van der Waals surface area contributed by atoms with E-state index >= 15 is 0 Å². The van der Waals surface area contributed by atoms with Crippen molar-refractivity contribution in [1.82, 2.24) is 10.5 Å². The van der Waals surface area contributed by atoms with Gasteiger partial charge in [0.2, 0.25) is 5.91 Å². The first-order chi connectivity index (χ1) is 11.7. The van der Waals surface area contributed by atoms with Crippen LogP contribution in [0.15, 0.2) is 34.9 Å². The van der Waals surface area contributed by atoms with Gasteiger partial charge in [-0.25, -0.2) is 0 Å². The van der Waals surface area contributed by atoms with E-state index in [-0.39, 0.29) is 5.91 Å². The number of benzene rings is 1. The van der Waals surface area contributed by atoms with E-state index in [1.807, 2.05) is 30.3 Å². The van der Waals surface area contributed by atoms with Gasteiger partial charge in [0.15, 0.2) is 5.76 Å². The monoisotopic (exact) mass is 328 g/mol. The number of nitrogens with zero attached hydrogens (tertiary/aromatic N) is 1. The molecule has 1 aliphatic rings. The van der Waals surface area contributed by atoms with Gasteiger partial charge in [-0.1, -0.05) is 36.6 Å². The van der Waals surface area contributed by atoms with Crippen LogP contribution in [0.4, 0.5) is 0 Å². The molecule has 0 saturated heterocycles. The Morgan fingerprint density at radius 1 is 1.29 bits per heavy atom. The summed E-state index contributed by atoms with van der Waals surface area (Å²) in [7, 11) is 1.63. The molecule has 5 heteroatoms. The predicted molar refractivity (Wildman–Crippen MR) is 91.5 cm³/mol. The van der Waals surface area contributed by atoms with Crippen LogP contribution >= 0.6 is 0 Å². The molecule has 128 valence electrons. The maximum Gasteiger partial charge on any atom is 0.220 e. The van der Waals surface area contributed by atoms with Gasteiger partial charge in [0, 0.05) is 18.1 Å². The molecule has 2 aromatic rings. The van der Waals surface area contributed by atoms with E-state index in [1.165, 1.54) is 32.1 Å². The molecule has 0 atom stereocenters. The molecule has 1 amide bonds. The minimum atomic E-state index is 0.104. The fraction of sp³-hybridized carbons (Fsp3) is 0.474. The second kappa shape index (κ2) is 7.99. The van der Waals surface area contributed by atoms with Crippen LogP contribution < -0.4 is 10.1 Å². The van der Waals surface area contributed by atoms with E-state index in [0.717, 1.165) is 17.0 Å². The predicted octanol–water partition coefficient (Wildman–Crippen LogP) is 3.94. The van der Waals surface area contributed by atoms with Crippen molar-refractivity contribution in [2.75, 3.05) is 7.11 Å². The van der Waals surface area contributed by atoms with Crippen LogP contribution in [0.3, 0.4) is 0 Å². The molecule has 1 saturated carbocycles. The van der Waals surface area contributed by atoms with Gasteiger partial charge >= 0.3 is 0 Å². The summed E-state index contributed by atoms with van der Waals surface area (Å²) in [5.74, 6) is 2.09. The summed E-state index contributed by atoms with van der Waals surface area (Å²) in [6.07, 6.45) is 6.80. The Hall–Kier alpha value is -2.30. The van der Waals surface area contributed by atoms with Crippen molar-refractivity contribution >= 4 is 5.91 Å². The quantitative estimate of drug-likeness (QED) is 0.872. The van der Waals surface area contributed by atoms with Crippen LogP contribution in [0.5, 0.6) is 5.75 Å². The zero-order chi connectivity index (χ0) is 16.8. The number of hydrogen-bond donors (Lipinski definition) is 1. The number of carbonyl (C=O) groups excluding carboxylic acids is 1. The van der Waals surface area contributed by atoms with Crippen LogP contribution in [-0.4, -0.2) is 18.2 Å². The number of amides is 1. The minimum Gasteiger partial charge on any atom is -0.497 e. The van der Waals surface area contributed by atoms with E-state index in [0.29, 0.717) is 24.6 Å². The van der Waals surface area contributed by atoms with E-state index in [4.69, 9.17) is 9.26 Å². The summed E-state index contributed by atoms with van der Waals surface area (Å²) in [5.41, 5.74) is 1.63. The molecular weight excluding hydrogens is 304 g/mol. The largest absolute Gasteiger partial charge is 0.497 e. The third-order valence-electron chi connectivity index (χ3n) is 4.58. The molecule has 1 fully saturated rings. The van der Waals surface area contributed by atoms with Crippen LogP contribution in [0.2, 0.25) is 0 Å². The summed E-state index contributed by atoms with van der Waals surface area (Å²) >= 11 is 0. The average molecular weight is 328 g/mol. The summed E-state index contributed by atoms with van der Waals surface area (Å²) < 4.78 is 10.6. The molecular formula is C19H24N2O3. The Morgan fingerprint density at radius 3 is 2.92 bits per heavy atom. The number of nitrogens with one attached hydrogen (secondary N) is 1. The maximum atomic E-state index is 12.1. The standard InChI is InChI=1S/C19H24N2O3/c1-23-17-9-5-8-15(11-17)18-12-16(21-24-18)13-20-19(22)10-14-6-3-2-4-7-14/h5,8-9,11-12,14H,2-4,6-7,10,13H2,1H3,(H,20,22). The number of carbonyl (C=O) groups is 1. The number of aromatic nitrogens is 1. The highest BCUT2D eigenvalue weighted by Gasteiger charge is 2.17. The van der Waals surface area contributed by atoms with Crippen LogP contribution in [0, 0.1) is 5.92 Å². The Kier molecular flexibility index (Phi) is 5.51. The lowest BCUT2D eigenvalue weighted by Crippen LogP contribution is -2.26. The maximum absolute atomic E-state index is 12.1. The lowest BCUT2D eigenvalue weighted by molar-refractivity contribution is -0.122. The van der Waals surface area contributed by atoms with Crippen molar-refractivity contribution in [3.63, 3.8) is 0 Å². The van der Waals surface area contributed by atoms with Crippen LogP contribution in [0.25, 0.3) is 11.3 Å². The van der Waals surface area contributed by atoms with Crippen molar-refractivity contribution in [3.8, 4) is 17.1 Å². The van der Waals surface area contributed by atoms with Crippen molar-refractivity contribution in [1.29, 1.82) is 0 Å². The van der Waals surface area contributed by atoms with Gasteiger partial charge in [-0.05, 0) is 30.9 Å². The molecule has 0 unspecified atom stereocenters. The van der Waals surface area contributed by atoms with Gasteiger partial charge in [0.05, 0.1) is 13.7 Å². The molecule has 3 rings (SSSR count). The number of methoxy groups -OCH3 is 1. The summed E-state index contributed by atoms with van der Waals surface area (Å²) in [6.45, 7) is 0.402. The van der Waals surface area contributed by atoms with E-state index in [2.05, 4.69) is 10.5 Å². The summed E-state index contributed by atoms with van der Waals surface area (Å²) in [4.78, 5) is 12.1. The normalized spacial score (nSPS) is 15.2. The van der Waals surface area contributed by atoms with Gasteiger partial charge in [-0.3, -0.25) is 4.79 Å². The minimum absolute atomic E-state index is 0.104. The molecule has 0 bridgehead atoms. The Bertz CT molecular complexity index is 675. The van der Waals surface area contributed by atoms with Crippen LogP contribution in [0.1, 0.15) is 44.2 Å². The van der Waals surface area contributed by atoms with Gasteiger partial charge in [-0.15, -0.1) is 0 Å².